The molecule has 1 amide bonds. The van der Waals surface area contributed by atoms with Gasteiger partial charge in [-0.1, -0.05) is 6.07 Å². The van der Waals surface area contributed by atoms with Crippen LogP contribution in [0.4, 0.5) is 4.79 Å². The summed E-state index contributed by atoms with van der Waals surface area (Å²) in [5.74, 6) is 2.35. The first kappa shape index (κ1) is 23.6. The van der Waals surface area contributed by atoms with Gasteiger partial charge < -0.3 is 29.7 Å². The highest BCUT2D eigenvalue weighted by Crippen LogP contribution is 2.27. The van der Waals surface area contributed by atoms with Gasteiger partial charge in [0.25, 0.3) is 0 Å². The summed E-state index contributed by atoms with van der Waals surface area (Å²) in [6.07, 6.45) is 2.38. The number of guanidine groups is 1. The van der Waals surface area contributed by atoms with Crippen LogP contribution >= 0.6 is 0 Å². The number of nitrogens with zero attached hydrogens (tertiary/aromatic N) is 2. The predicted octanol–water partition coefficient (Wildman–Crippen LogP) is 2.81. The lowest BCUT2D eigenvalue weighted by molar-refractivity contribution is 0.0507. The maximum atomic E-state index is 12.0. The molecule has 2 rings (SSSR count). The number of carbonyl (C=O) groups excluding carboxylic acids is 1. The van der Waals surface area contributed by atoms with E-state index in [1.54, 1.807) is 21.3 Å². The number of methoxy groups -OCH3 is 2. The number of hydrogen-bond donors (Lipinski definition) is 2. The maximum absolute atomic E-state index is 12.0. The number of aryl methyl sites for hydroxylation is 1. The number of benzene rings is 1. The normalized spacial score (nSPS) is 16.9. The lowest BCUT2D eigenvalue weighted by atomic mass is 10.1. The van der Waals surface area contributed by atoms with Crippen LogP contribution in [0.3, 0.4) is 0 Å². The van der Waals surface area contributed by atoms with Gasteiger partial charge in [-0.3, -0.25) is 4.99 Å². The molecule has 8 heteroatoms. The standard InChI is InChI=1S/C22H36N4O4/c1-22(2,3)30-21(27)25-17-11-13-26(15-17)20(23-4)24-12-7-8-16-9-10-18(28-5)19(14-16)29-6/h9-10,14,17H,7-8,11-13,15H2,1-6H3,(H,23,24)(H,25,27). The number of aliphatic imine (C=N–C) groups is 1. The van der Waals surface area contributed by atoms with Crippen molar-refractivity contribution in [1.82, 2.24) is 15.5 Å². The van der Waals surface area contributed by atoms with Crippen LogP contribution in [0.1, 0.15) is 39.2 Å². The molecule has 1 saturated heterocycles. The largest absolute Gasteiger partial charge is 0.493 e. The predicted molar refractivity (Wildman–Crippen MR) is 119 cm³/mol. The van der Waals surface area contributed by atoms with E-state index in [0.717, 1.165) is 49.8 Å². The Bertz CT molecular complexity index is 730. The second-order valence-corrected chi connectivity index (χ2v) is 8.34. The molecular weight excluding hydrogens is 384 g/mol. The highest BCUT2D eigenvalue weighted by molar-refractivity contribution is 5.80. The Kier molecular flexibility index (Phi) is 8.62. The molecule has 0 aliphatic carbocycles. The zero-order valence-corrected chi connectivity index (χ0v) is 19.1. The van der Waals surface area contributed by atoms with Crippen molar-refractivity contribution in [3.8, 4) is 11.5 Å². The molecule has 0 saturated carbocycles. The van der Waals surface area contributed by atoms with Crippen molar-refractivity contribution in [2.45, 2.75) is 51.7 Å². The Morgan fingerprint density at radius 3 is 2.60 bits per heavy atom. The third-order valence-electron chi connectivity index (χ3n) is 4.79. The summed E-state index contributed by atoms with van der Waals surface area (Å²) in [5.41, 5.74) is 0.709. The van der Waals surface area contributed by atoms with Crippen LogP contribution in [0.5, 0.6) is 11.5 Å². The summed E-state index contributed by atoms with van der Waals surface area (Å²) in [4.78, 5) is 18.5. The van der Waals surface area contributed by atoms with Gasteiger partial charge in [0.1, 0.15) is 5.60 Å². The van der Waals surface area contributed by atoms with Crippen molar-refractivity contribution in [3.05, 3.63) is 23.8 Å². The lowest BCUT2D eigenvalue weighted by Gasteiger charge is -2.23. The number of carbonyl (C=O) groups is 1. The number of amides is 1. The molecule has 1 aliphatic heterocycles. The van der Waals surface area contributed by atoms with Crippen LogP contribution < -0.4 is 20.1 Å². The molecule has 1 aliphatic rings. The first-order chi connectivity index (χ1) is 14.3. The molecule has 30 heavy (non-hydrogen) atoms. The summed E-state index contributed by atoms with van der Waals surface area (Å²) < 4.78 is 16.0. The van der Waals surface area contributed by atoms with E-state index >= 15 is 0 Å². The van der Waals surface area contributed by atoms with Gasteiger partial charge in [-0.15, -0.1) is 0 Å². The first-order valence-corrected chi connectivity index (χ1v) is 10.4. The number of alkyl carbamates (subject to hydrolysis) is 1. The van der Waals surface area contributed by atoms with Crippen molar-refractivity contribution in [1.29, 1.82) is 0 Å². The molecule has 0 radical (unpaired) electrons. The fraction of sp³-hybridized carbons (Fsp3) is 0.636. The lowest BCUT2D eigenvalue weighted by Crippen LogP contribution is -2.44. The zero-order valence-electron chi connectivity index (χ0n) is 19.1. The summed E-state index contributed by atoms with van der Waals surface area (Å²) in [6.45, 7) is 7.95. The molecule has 168 valence electrons. The van der Waals surface area contributed by atoms with Crippen molar-refractivity contribution in [2.75, 3.05) is 40.9 Å². The highest BCUT2D eigenvalue weighted by Gasteiger charge is 2.27. The Morgan fingerprint density at radius 1 is 1.23 bits per heavy atom. The number of hydrogen-bond acceptors (Lipinski definition) is 5. The van der Waals surface area contributed by atoms with E-state index < -0.39 is 5.60 Å². The SMILES string of the molecule is CN=C(NCCCc1ccc(OC)c(OC)c1)N1CCC(NC(=O)OC(C)(C)C)C1. The van der Waals surface area contributed by atoms with Gasteiger partial charge in [0, 0.05) is 26.7 Å². The Balaban J connectivity index is 1.75. The molecule has 0 aromatic heterocycles. The molecule has 2 N–H and O–H groups in total. The fourth-order valence-corrected chi connectivity index (χ4v) is 3.41. The van der Waals surface area contributed by atoms with Gasteiger partial charge >= 0.3 is 6.09 Å². The van der Waals surface area contributed by atoms with Crippen molar-refractivity contribution >= 4 is 12.1 Å². The quantitative estimate of drug-likeness (QED) is 0.401. The van der Waals surface area contributed by atoms with Gasteiger partial charge in [0.2, 0.25) is 0 Å². The monoisotopic (exact) mass is 420 g/mol. The highest BCUT2D eigenvalue weighted by atomic mass is 16.6. The minimum atomic E-state index is -0.492. The van der Waals surface area contributed by atoms with Crippen LogP contribution in [-0.4, -0.2) is 69.5 Å². The molecule has 8 nitrogen and oxygen atoms in total. The minimum Gasteiger partial charge on any atom is -0.493 e. The summed E-state index contributed by atoms with van der Waals surface area (Å²) in [6, 6.07) is 6.07. The molecule has 1 atom stereocenters. The second-order valence-electron chi connectivity index (χ2n) is 8.34. The van der Waals surface area contributed by atoms with Gasteiger partial charge in [-0.25, -0.2) is 4.79 Å². The molecule has 1 heterocycles. The third kappa shape index (κ3) is 7.31. The second kappa shape index (κ2) is 10.9. The van der Waals surface area contributed by atoms with Gasteiger partial charge in [-0.05, 0) is 57.7 Å². The average molecular weight is 421 g/mol. The molecule has 0 spiro atoms. The van der Waals surface area contributed by atoms with Crippen LogP contribution in [0.2, 0.25) is 0 Å². The number of ether oxygens (including phenoxy) is 3. The van der Waals surface area contributed by atoms with Gasteiger partial charge in [0.15, 0.2) is 17.5 Å². The molecule has 1 aromatic carbocycles. The molecular formula is C22H36N4O4. The van der Waals surface area contributed by atoms with E-state index in [1.165, 1.54) is 5.56 Å². The van der Waals surface area contributed by atoms with E-state index in [9.17, 15) is 4.79 Å². The minimum absolute atomic E-state index is 0.0603. The van der Waals surface area contributed by atoms with Gasteiger partial charge in [-0.2, -0.15) is 0 Å². The van der Waals surface area contributed by atoms with E-state index in [-0.39, 0.29) is 12.1 Å². The van der Waals surface area contributed by atoms with Gasteiger partial charge in [0.05, 0.1) is 20.3 Å². The van der Waals surface area contributed by atoms with Crippen molar-refractivity contribution < 1.29 is 19.0 Å². The number of likely N-dealkylation sites (tertiary alicyclic amines) is 1. The zero-order chi connectivity index (χ0) is 22.1. The Morgan fingerprint density at radius 2 is 1.97 bits per heavy atom. The molecule has 1 fully saturated rings. The third-order valence-corrected chi connectivity index (χ3v) is 4.79. The van der Waals surface area contributed by atoms with Crippen LogP contribution in [-0.2, 0) is 11.2 Å². The number of nitrogens with one attached hydrogen (secondary N) is 2. The summed E-state index contributed by atoms with van der Waals surface area (Å²) >= 11 is 0. The summed E-state index contributed by atoms with van der Waals surface area (Å²) in [7, 11) is 5.07. The van der Waals surface area contributed by atoms with Crippen molar-refractivity contribution in [2.24, 2.45) is 4.99 Å². The molecule has 0 bridgehead atoms. The topological polar surface area (TPSA) is 84.4 Å². The van der Waals surface area contributed by atoms with Crippen LogP contribution in [0.15, 0.2) is 23.2 Å². The van der Waals surface area contributed by atoms with E-state index in [2.05, 4.69) is 26.6 Å². The van der Waals surface area contributed by atoms with E-state index in [1.807, 2.05) is 32.9 Å². The Labute approximate surface area is 180 Å². The first-order valence-electron chi connectivity index (χ1n) is 10.4. The van der Waals surface area contributed by atoms with Crippen LogP contribution in [0.25, 0.3) is 0 Å². The van der Waals surface area contributed by atoms with E-state index in [0.29, 0.717) is 6.54 Å². The van der Waals surface area contributed by atoms with Crippen LogP contribution in [0, 0.1) is 0 Å². The average Bonchev–Trinajstić information content (AvgIpc) is 3.14. The smallest absolute Gasteiger partial charge is 0.407 e. The Hall–Kier alpha value is -2.64. The molecule has 1 unspecified atom stereocenters. The number of rotatable bonds is 7. The maximum Gasteiger partial charge on any atom is 0.407 e. The van der Waals surface area contributed by atoms with E-state index in [4.69, 9.17) is 14.2 Å². The molecule has 1 aromatic rings. The fourth-order valence-electron chi connectivity index (χ4n) is 3.41. The van der Waals surface area contributed by atoms with Crippen molar-refractivity contribution in [3.63, 3.8) is 0 Å². The summed E-state index contributed by atoms with van der Waals surface area (Å²) in [5, 5.41) is 6.37.